The highest BCUT2D eigenvalue weighted by Gasteiger charge is 2.12. The fraction of sp³-hybridized carbons (Fsp3) is 0.438. The summed E-state index contributed by atoms with van der Waals surface area (Å²) in [6.45, 7) is 6.67. The average molecular weight is 334 g/mol. The maximum atomic E-state index is 12.1. The Balaban J connectivity index is 1.97. The first-order valence-electron chi connectivity index (χ1n) is 7.67. The van der Waals surface area contributed by atoms with Gasteiger partial charge in [-0.15, -0.1) is 5.10 Å². The monoisotopic (exact) mass is 334 g/mol. The Bertz CT molecular complexity index is 736. The minimum Gasteiger partial charge on any atom is -0.325 e. The van der Waals surface area contributed by atoms with Crippen LogP contribution in [0, 0.1) is 13.8 Å². The van der Waals surface area contributed by atoms with Crippen molar-refractivity contribution in [3.05, 3.63) is 39.8 Å². The third kappa shape index (κ3) is 4.48. The van der Waals surface area contributed by atoms with Crippen molar-refractivity contribution in [3.8, 4) is 0 Å². The van der Waals surface area contributed by atoms with Crippen LogP contribution < -0.4 is 11.0 Å². The lowest BCUT2D eigenvalue weighted by Gasteiger charge is -2.10. The SMILES string of the molecule is CCCCn1c(SCC(=O)Nc2cccc(C)c2C)n[nH]c1=O. The van der Waals surface area contributed by atoms with Crippen molar-refractivity contribution in [2.24, 2.45) is 0 Å². The van der Waals surface area contributed by atoms with E-state index in [0.29, 0.717) is 11.7 Å². The fourth-order valence-corrected chi connectivity index (χ4v) is 2.90. The van der Waals surface area contributed by atoms with Gasteiger partial charge < -0.3 is 5.32 Å². The van der Waals surface area contributed by atoms with E-state index in [1.807, 2.05) is 32.0 Å². The topological polar surface area (TPSA) is 79.8 Å². The second kappa shape index (κ2) is 8.01. The molecule has 1 amide bonds. The van der Waals surface area contributed by atoms with E-state index in [1.54, 1.807) is 4.57 Å². The number of nitrogens with one attached hydrogen (secondary N) is 2. The quantitative estimate of drug-likeness (QED) is 0.763. The predicted molar refractivity (Wildman–Crippen MR) is 93.0 cm³/mol. The third-order valence-corrected chi connectivity index (χ3v) is 4.65. The summed E-state index contributed by atoms with van der Waals surface area (Å²) < 4.78 is 1.58. The van der Waals surface area contributed by atoms with E-state index in [9.17, 15) is 9.59 Å². The molecule has 7 heteroatoms. The van der Waals surface area contributed by atoms with Crippen LogP contribution in [0.1, 0.15) is 30.9 Å². The summed E-state index contributed by atoms with van der Waals surface area (Å²) in [5.41, 5.74) is 2.79. The number of thioether (sulfide) groups is 1. The Kier molecular flexibility index (Phi) is 6.04. The molecule has 0 fully saturated rings. The van der Waals surface area contributed by atoms with E-state index < -0.39 is 0 Å². The molecule has 0 atom stereocenters. The Morgan fingerprint density at radius 1 is 1.39 bits per heavy atom. The largest absolute Gasteiger partial charge is 0.343 e. The Morgan fingerprint density at radius 3 is 2.91 bits per heavy atom. The number of nitrogens with zero attached hydrogens (tertiary/aromatic N) is 2. The van der Waals surface area contributed by atoms with Gasteiger partial charge in [-0.2, -0.15) is 0 Å². The number of unbranched alkanes of at least 4 members (excludes halogenated alkanes) is 1. The van der Waals surface area contributed by atoms with Crippen LogP contribution in [0.5, 0.6) is 0 Å². The van der Waals surface area contributed by atoms with E-state index in [0.717, 1.165) is 29.7 Å². The number of benzene rings is 1. The number of aromatic amines is 1. The maximum Gasteiger partial charge on any atom is 0.343 e. The minimum absolute atomic E-state index is 0.110. The highest BCUT2D eigenvalue weighted by atomic mass is 32.2. The lowest BCUT2D eigenvalue weighted by atomic mass is 10.1. The summed E-state index contributed by atoms with van der Waals surface area (Å²) in [4.78, 5) is 23.8. The lowest BCUT2D eigenvalue weighted by molar-refractivity contribution is -0.113. The van der Waals surface area contributed by atoms with Crippen molar-refractivity contribution in [3.63, 3.8) is 0 Å². The van der Waals surface area contributed by atoms with Gasteiger partial charge in [-0.05, 0) is 37.5 Å². The van der Waals surface area contributed by atoms with Gasteiger partial charge >= 0.3 is 5.69 Å². The summed E-state index contributed by atoms with van der Waals surface area (Å²) in [5, 5.41) is 9.89. The maximum absolute atomic E-state index is 12.1. The predicted octanol–water partition coefficient (Wildman–Crippen LogP) is 2.72. The number of hydrogen-bond acceptors (Lipinski definition) is 4. The molecule has 1 aromatic heterocycles. The molecule has 2 rings (SSSR count). The van der Waals surface area contributed by atoms with Crippen LogP contribution in [-0.2, 0) is 11.3 Å². The van der Waals surface area contributed by atoms with Crippen LogP contribution >= 0.6 is 11.8 Å². The molecule has 1 heterocycles. The van der Waals surface area contributed by atoms with Crippen molar-refractivity contribution >= 4 is 23.4 Å². The highest BCUT2D eigenvalue weighted by molar-refractivity contribution is 7.99. The van der Waals surface area contributed by atoms with Gasteiger partial charge in [0.1, 0.15) is 0 Å². The molecule has 0 aliphatic heterocycles. The van der Waals surface area contributed by atoms with E-state index in [-0.39, 0.29) is 17.3 Å². The van der Waals surface area contributed by atoms with Crippen LogP contribution in [0.2, 0.25) is 0 Å². The van der Waals surface area contributed by atoms with Gasteiger partial charge in [0.2, 0.25) is 5.91 Å². The van der Waals surface area contributed by atoms with Gasteiger partial charge in [-0.25, -0.2) is 9.89 Å². The van der Waals surface area contributed by atoms with Crippen LogP contribution in [0.3, 0.4) is 0 Å². The molecule has 124 valence electrons. The second-order valence-electron chi connectivity index (χ2n) is 5.40. The standard InChI is InChI=1S/C16H22N4O2S/c1-4-5-9-20-15(22)18-19-16(20)23-10-14(21)17-13-8-6-7-11(2)12(13)3/h6-8H,4-5,9-10H2,1-3H3,(H,17,21)(H,18,22). The minimum atomic E-state index is -0.226. The van der Waals surface area contributed by atoms with Crippen LogP contribution in [0.25, 0.3) is 0 Å². The first kappa shape index (κ1) is 17.3. The molecule has 0 spiro atoms. The van der Waals surface area contributed by atoms with Crippen LogP contribution in [0.15, 0.2) is 28.2 Å². The molecular formula is C16H22N4O2S. The molecule has 0 saturated heterocycles. The van der Waals surface area contributed by atoms with Crippen LogP contribution in [0.4, 0.5) is 5.69 Å². The molecule has 0 aliphatic carbocycles. The molecule has 2 aromatic rings. The number of rotatable bonds is 7. The number of hydrogen-bond donors (Lipinski definition) is 2. The zero-order valence-corrected chi connectivity index (χ0v) is 14.5. The van der Waals surface area contributed by atoms with Gasteiger partial charge in [-0.3, -0.25) is 9.36 Å². The Labute approximate surface area is 139 Å². The van der Waals surface area contributed by atoms with E-state index in [2.05, 4.69) is 22.4 Å². The summed E-state index contributed by atoms with van der Waals surface area (Å²) in [7, 11) is 0. The summed E-state index contributed by atoms with van der Waals surface area (Å²) >= 11 is 1.26. The Morgan fingerprint density at radius 2 is 2.17 bits per heavy atom. The summed E-state index contributed by atoms with van der Waals surface area (Å²) in [6.07, 6.45) is 1.90. The third-order valence-electron chi connectivity index (χ3n) is 3.67. The average Bonchev–Trinajstić information content (AvgIpc) is 2.88. The number of aromatic nitrogens is 3. The summed E-state index contributed by atoms with van der Waals surface area (Å²) in [6, 6.07) is 5.81. The molecule has 0 saturated carbocycles. The van der Waals surface area contributed by atoms with Crippen molar-refractivity contribution in [2.45, 2.75) is 45.3 Å². The van der Waals surface area contributed by atoms with Gasteiger partial charge in [0.15, 0.2) is 5.16 Å². The molecule has 6 nitrogen and oxygen atoms in total. The zero-order valence-electron chi connectivity index (χ0n) is 13.7. The van der Waals surface area contributed by atoms with Gasteiger partial charge in [-0.1, -0.05) is 37.2 Å². The molecule has 2 N–H and O–H groups in total. The second-order valence-corrected chi connectivity index (χ2v) is 6.34. The zero-order chi connectivity index (χ0) is 16.8. The fourth-order valence-electron chi connectivity index (χ4n) is 2.13. The van der Waals surface area contributed by atoms with E-state index in [1.165, 1.54) is 11.8 Å². The smallest absolute Gasteiger partial charge is 0.325 e. The first-order valence-corrected chi connectivity index (χ1v) is 8.65. The normalized spacial score (nSPS) is 10.7. The number of anilines is 1. The highest BCUT2D eigenvalue weighted by Crippen LogP contribution is 2.19. The number of carbonyl (C=O) groups excluding carboxylic acids is 1. The van der Waals surface area contributed by atoms with Crippen LogP contribution in [-0.4, -0.2) is 26.4 Å². The van der Waals surface area contributed by atoms with E-state index >= 15 is 0 Å². The first-order chi connectivity index (χ1) is 11.0. The molecule has 0 aliphatic rings. The van der Waals surface area contributed by atoms with Crippen molar-refractivity contribution in [1.82, 2.24) is 14.8 Å². The molecule has 0 unspecified atom stereocenters. The molecule has 23 heavy (non-hydrogen) atoms. The summed E-state index contributed by atoms with van der Waals surface area (Å²) in [5.74, 6) is 0.102. The molecule has 0 bridgehead atoms. The van der Waals surface area contributed by atoms with E-state index in [4.69, 9.17) is 0 Å². The number of aryl methyl sites for hydroxylation is 1. The molecular weight excluding hydrogens is 312 g/mol. The van der Waals surface area contributed by atoms with Gasteiger partial charge in [0, 0.05) is 12.2 Å². The van der Waals surface area contributed by atoms with Gasteiger partial charge in [0.05, 0.1) is 5.75 Å². The van der Waals surface area contributed by atoms with Crippen molar-refractivity contribution in [2.75, 3.05) is 11.1 Å². The van der Waals surface area contributed by atoms with Crippen molar-refractivity contribution < 1.29 is 4.79 Å². The number of H-pyrrole nitrogens is 1. The number of amides is 1. The van der Waals surface area contributed by atoms with Crippen molar-refractivity contribution in [1.29, 1.82) is 0 Å². The number of carbonyl (C=O) groups is 1. The lowest BCUT2D eigenvalue weighted by Crippen LogP contribution is -2.19. The van der Waals surface area contributed by atoms with Gasteiger partial charge in [0.25, 0.3) is 0 Å². The Hall–Kier alpha value is -2.02. The molecule has 0 radical (unpaired) electrons. The molecule has 1 aromatic carbocycles.